The first-order valence-corrected chi connectivity index (χ1v) is 15.1. The summed E-state index contributed by atoms with van der Waals surface area (Å²) in [4.78, 5) is 23.3. The molecule has 2 saturated heterocycles. The second kappa shape index (κ2) is 10.9. The number of nitrogens with zero attached hydrogens (tertiary/aromatic N) is 4. The number of carbonyl (C=O) groups is 1. The van der Waals surface area contributed by atoms with E-state index in [1.165, 1.54) is 18.3 Å². The van der Waals surface area contributed by atoms with Gasteiger partial charge in [0.25, 0.3) is 0 Å². The fourth-order valence-corrected chi connectivity index (χ4v) is 7.80. The molecular formula is C30H35FN4O4S. The maximum absolute atomic E-state index is 13.6. The van der Waals surface area contributed by atoms with E-state index in [-0.39, 0.29) is 16.8 Å². The zero-order valence-corrected chi connectivity index (χ0v) is 23.7. The molecule has 0 radical (unpaired) electrons. The molecule has 0 atom stereocenters. The van der Waals surface area contributed by atoms with Crippen LogP contribution in [0.1, 0.15) is 61.1 Å². The molecule has 1 spiro atoms. The van der Waals surface area contributed by atoms with Crippen molar-refractivity contribution in [3.8, 4) is 0 Å². The van der Waals surface area contributed by atoms with E-state index in [4.69, 9.17) is 0 Å². The molecule has 8 nitrogen and oxygen atoms in total. The van der Waals surface area contributed by atoms with Crippen molar-refractivity contribution >= 4 is 21.9 Å². The molecular weight excluding hydrogens is 531 g/mol. The summed E-state index contributed by atoms with van der Waals surface area (Å²) in [6, 6.07) is 14.8. The molecule has 2 fully saturated rings. The van der Waals surface area contributed by atoms with Gasteiger partial charge in [-0.25, -0.2) is 27.6 Å². The van der Waals surface area contributed by atoms with Gasteiger partial charge in [-0.15, -0.1) is 0 Å². The first-order chi connectivity index (χ1) is 19.0. The fourth-order valence-electron chi connectivity index (χ4n) is 5.85. The highest BCUT2D eigenvalue weighted by molar-refractivity contribution is 7.89. The molecule has 2 aliphatic rings. The van der Waals surface area contributed by atoms with Gasteiger partial charge in [-0.2, -0.15) is 4.31 Å². The molecule has 0 saturated carbocycles. The van der Waals surface area contributed by atoms with Gasteiger partial charge in [0.2, 0.25) is 16.0 Å². The largest absolute Gasteiger partial charge is 0.478 e. The van der Waals surface area contributed by atoms with Gasteiger partial charge in [-0.05, 0) is 87.6 Å². The van der Waals surface area contributed by atoms with Crippen LogP contribution in [0.4, 0.5) is 10.3 Å². The lowest BCUT2D eigenvalue weighted by molar-refractivity contribution is 0.0391. The van der Waals surface area contributed by atoms with Crippen LogP contribution in [0.15, 0.2) is 65.7 Å². The van der Waals surface area contributed by atoms with E-state index < -0.39 is 21.5 Å². The van der Waals surface area contributed by atoms with Crippen LogP contribution >= 0.6 is 0 Å². The van der Waals surface area contributed by atoms with Crippen molar-refractivity contribution in [2.45, 2.75) is 62.8 Å². The lowest BCUT2D eigenvalue weighted by Gasteiger charge is -2.53. The summed E-state index contributed by atoms with van der Waals surface area (Å²) < 4.78 is 42.3. The molecule has 1 N–H and O–H groups in total. The molecule has 3 heterocycles. The van der Waals surface area contributed by atoms with E-state index in [1.807, 2.05) is 19.9 Å². The first kappa shape index (κ1) is 28.2. The Labute approximate surface area is 234 Å². The summed E-state index contributed by atoms with van der Waals surface area (Å²) in [5.74, 6) is -0.911. The topological polar surface area (TPSA) is 104 Å². The molecule has 1 aromatic heterocycles. The lowest BCUT2D eigenvalue weighted by atomic mass is 9.69. The zero-order valence-electron chi connectivity index (χ0n) is 22.9. The highest BCUT2D eigenvalue weighted by atomic mass is 32.2. The summed E-state index contributed by atoms with van der Waals surface area (Å²) in [6.45, 7) is 5.78. The highest BCUT2D eigenvalue weighted by Gasteiger charge is 2.49. The number of rotatable bonds is 7. The maximum atomic E-state index is 13.6. The fraction of sp³-hybridized carbons (Fsp3) is 0.433. The number of piperidine rings is 2. The number of carboxylic acid groups (broad SMARTS) is 1. The van der Waals surface area contributed by atoms with Crippen LogP contribution in [0.2, 0.25) is 0 Å². The van der Waals surface area contributed by atoms with Crippen LogP contribution < -0.4 is 4.90 Å². The Bertz CT molecular complexity index is 1470. The number of hydrogen-bond acceptors (Lipinski definition) is 6. The van der Waals surface area contributed by atoms with Crippen molar-refractivity contribution in [3.05, 3.63) is 83.4 Å². The van der Waals surface area contributed by atoms with Crippen molar-refractivity contribution in [2.75, 3.05) is 24.5 Å². The third-order valence-corrected chi connectivity index (χ3v) is 10.6. The average molecular weight is 567 g/mol. The number of benzene rings is 2. The standard InChI is InChI=1S/C30H35FN4O4S/c1-29(2)14-15-30(21-35(29)40(38,39)24-6-4-3-5-7-24)16-18-34(19-17-30)28-32-20-25(27(36)37)26(33-28)13-10-22-8-11-23(31)12-9-22/h3-9,11-12,20H,10,13-19,21H2,1-2H3,(H,36,37). The summed E-state index contributed by atoms with van der Waals surface area (Å²) in [5, 5.41) is 9.68. The Hall–Kier alpha value is -3.37. The Kier molecular flexibility index (Phi) is 7.67. The number of halogens is 1. The van der Waals surface area contributed by atoms with Gasteiger partial charge in [-0.1, -0.05) is 30.3 Å². The van der Waals surface area contributed by atoms with Gasteiger partial charge in [0, 0.05) is 31.4 Å². The van der Waals surface area contributed by atoms with Crippen LogP contribution in [0.25, 0.3) is 0 Å². The minimum absolute atomic E-state index is 0.0654. The molecule has 10 heteroatoms. The number of aromatic nitrogens is 2. The Balaban J connectivity index is 1.31. The first-order valence-electron chi connectivity index (χ1n) is 13.7. The van der Waals surface area contributed by atoms with E-state index in [0.29, 0.717) is 49.0 Å². The van der Waals surface area contributed by atoms with E-state index >= 15 is 0 Å². The van der Waals surface area contributed by atoms with Gasteiger partial charge in [-0.3, -0.25) is 0 Å². The van der Waals surface area contributed by atoms with Gasteiger partial charge >= 0.3 is 5.97 Å². The van der Waals surface area contributed by atoms with E-state index in [0.717, 1.165) is 31.2 Å². The molecule has 0 aliphatic carbocycles. The molecule has 0 amide bonds. The minimum Gasteiger partial charge on any atom is -0.478 e. The van der Waals surface area contributed by atoms with Crippen LogP contribution in [0.5, 0.6) is 0 Å². The molecule has 5 rings (SSSR count). The highest BCUT2D eigenvalue weighted by Crippen LogP contribution is 2.47. The predicted octanol–water partition coefficient (Wildman–Crippen LogP) is 4.95. The number of aryl methyl sites for hydroxylation is 2. The molecule has 0 bridgehead atoms. The van der Waals surface area contributed by atoms with E-state index in [9.17, 15) is 22.7 Å². The number of aromatic carboxylic acids is 1. The Morgan fingerprint density at radius 2 is 1.65 bits per heavy atom. The van der Waals surface area contributed by atoms with Gasteiger partial charge in [0.05, 0.1) is 16.2 Å². The minimum atomic E-state index is -3.64. The van der Waals surface area contributed by atoms with Crippen LogP contribution in [0.3, 0.4) is 0 Å². The van der Waals surface area contributed by atoms with E-state index in [2.05, 4.69) is 14.9 Å². The monoisotopic (exact) mass is 566 g/mol. The third kappa shape index (κ3) is 5.74. The molecule has 3 aromatic rings. The lowest BCUT2D eigenvalue weighted by Crippen LogP contribution is -2.58. The summed E-state index contributed by atoms with van der Waals surface area (Å²) in [5.41, 5.74) is 0.789. The number of carboxylic acids is 1. The van der Waals surface area contributed by atoms with Crippen LogP contribution in [-0.4, -0.2) is 58.9 Å². The average Bonchev–Trinajstić information content (AvgIpc) is 2.95. The summed E-state index contributed by atoms with van der Waals surface area (Å²) in [7, 11) is -3.64. The Morgan fingerprint density at radius 3 is 2.30 bits per heavy atom. The quantitative estimate of drug-likeness (QED) is 0.432. The molecule has 2 aromatic carbocycles. The van der Waals surface area contributed by atoms with Gasteiger partial charge < -0.3 is 10.0 Å². The smallest absolute Gasteiger partial charge is 0.339 e. The number of hydrogen-bond donors (Lipinski definition) is 1. The SMILES string of the molecule is CC1(C)CCC2(CCN(c3ncc(C(=O)O)c(CCc4ccc(F)cc4)n3)CC2)CN1S(=O)(=O)c1ccccc1. The number of anilines is 1. The third-order valence-electron chi connectivity index (χ3n) is 8.51. The summed E-state index contributed by atoms with van der Waals surface area (Å²) >= 11 is 0. The molecule has 40 heavy (non-hydrogen) atoms. The van der Waals surface area contributed by atoms with Crippen molar-refractivity contribution in [3.63, 3.8) is 0 Å². The normalized spacial score (nSPS) is 19.0. The second-order valence-corrected chi connectivity index (χ2v) is 13.4. The van der Waals surface area contributed by atoms with Crippen molar-refractivity contribution in [1.82, 2.24) is 14.3 Å². The van der Waals surface area contributed by atoms with Gasteiger partial charge in [0.1, 0.15) is 5.82 Å². The van der Waals surface area contributed by atoms with Gasteiger partial charge in [0.15, 0.2) is 0 Å². The molecule has 212 valence electrons. The van der Waals surface area contributed by atoms with Crippen LogP contribution in [0, 0.1) is 11.2 Å². The van der Waals surface area contributed by atoms with Crippen molar-refractivity contribution in [2.24, 2.45) is 5.41 Å². The van der Waals surface area contributed by atoms with E-state index in [1.54, 1.807) is 40.7 Å². The molecule has 0 unspecified atom stereocenters. The molecule has 2 aliphatic heterocycles. The summed E-state index contributed by atoms with van der Waals surface area (Å²) in [6.07, 6.45) is 5.58. The second-order valence-electron chi connectivity index (χ2n) is 11.6. The van der Waals surface area contributed by atoms with Crippen molar-refractivity contribution in [1.29, 1.82) is 0 Å². The zero-order chi connectivity index (χ0) is 28.5. The Morgan fingerprint density at radius 1 is 0.975 bits per heavy atom. The predicted molar refractivity (Wildman–Crippen MR) is 150 cm³/mol. The number of sulfonamides is 1. The van der Waals surface area contributed by atoms with Crippen LogP contribution in [-0.2, 0) is 22.9 Å². The van der Waals surface area contributed by atoms with Crippen molar-refractivity contribution < 1.29 is 22.7 Å². The maximum Gasteiger partial charge on any atom is 0.339 e.